The molecule has 0 saturated heterocycles. The molecule has 16 heavy (non-hydrogen) atoms. The van der Waals surface area contributed by atoms with E-state index in [1.165, 1.54) is 7.11 Å². The zero-order chi connectivity index (χ0) is 12.7. The molecule has 0 rings (SSSR count). The number of carbonyl (C=O) groups excluding carboxylic acids is 1. The summed E-state index contributed by atoms with van der Waals surface area (Å²) in [5.41, 5.74) is 0. The van der Waals surface area contributed by atoms with Crippen LogP contribution in [-0.4, -0.2) is 37.1 Å². The third-order valence-electron chi connectivity index (χ3n) is 2.51. The molecule has 0 bridgehead atoms. The van der Waals surface area contributed by atoms with E-state index in [4.69, 9.17) is 4.74 Å². The third kappa shape index (κ3) is 6.83. The summed E-state index contributed by atoms with van der Waals surface area (Å²) in [5, 5.41) is 0. The van der Waals surface area contributed by atoms with Gasteiger partial charge in [-0.3, -0.25) is 9.69 Å². The van der Waals surface area contributed by atoms with E-state index in [2.05, 4.69) is 39.5 Å². The first-order valence-electron chi connectivity index (χ1n) is 6.17. The largest absolute Gasteiger partial charge is 0.469 e. The van der Waals surface area contributed by atoms with Gasteiger partial charge in [-0.1, -0.05) is 27.7 Å². The molecule has 0 heterocycles. The normalized spacial score (nSPS) is 13.6. The molecule has 1 unspecified atom stereocenters. The molecule has 0 aromatic carbocycles. The molecule has 0 saturated carbocycles. The number of hydrogen-bond donors (Lipinski definition) is 0. The predicted octanol–water partition coefficient (Wildman–Crippen LogP) is 2.55. The molecule has 1 atom stereocenters. The highest BCUT2D eigenvalue weighted by atomic mass is 16.5. The Morgan fingerprint density at radius 2 is 1.50 bits per heavy atom. The lowest BCUT2D eigenvalue weighted by atomic mass is 10.1. The van der Waals surface area contributed by atoms with Gasteiger partial charge in [0.1, 0.15) is 0 Å². The summed E-state index contributed by atoms with van der Waals surface area (Å²) in [5.74, 6) is 1.13. The van der Waals surface area contributed by atoms with Crippen LogP contribution >= 0.6 is 0 Å². The summed E-state index contributed by atoms with van der Waals surface area (Å²) in [4.78, 5) is 13.6. The first-order valence-corrected chi connectivity index (χ1v) is 6.17. The van der Waals surface area contributed by atoms with Crippen LogP contribution in [0.25, 0.3) is 0 Å². The first kappa shape index (κ1) is 15.4. The van der Waals surface area contributed by atoms with Crippen LogP contribution in [0.15, 0.2) is 0 Å². The van der Waals surface area contributed by atoms with Gasteiger partial charge in [0.05, 0.1) is 13.5 Å². The van der Waals surface area contributed by atoms with Crippen molar-refractivity contribution in [3.8, 4) is 0 Å². The second kappa shape index (κ2) is 7.66. The Bertz CT molecular complexity index is 192. The fourth-order valence-corrected chi connectivity index (χ4v) is 1.83. The zero-order valence-electron chi connectivity index (χ0n) is 11.6. The number of methoxy groups -OCH3 is 1. The maximum atomic E-state index is 11.2. The van der Waals surface area contributed by atoms with Crippen molar-refractivity contribution in [1.82, 2.24) is 4.90 Å². The average molecular weight is 229 g/mol. The molecule has 0 aliphatic rings. The van der Waals surface area contributed by atoms with Gasteiger partial charge in [0, 0.05) is 19.1 Å². The molecule has 0 aliphatic heterocycles. The van der Waals surface area contributed by atoms with Crippen molar-refractivity contribution in [3.05, 3.63) is 0 Å². The monoisotopic (exact) mass is 229 g/mol. The molecule has 3 heteroatoms. The van der Waals surface area contributed by atoms with Gasteiger partial charge in [-0.25, -0.2) is 0 Å². The molecule has 3 nitrogen and oxygen atoms in total. The van der Waals surface area contributed by atoms with Gasteiger partial charge >= 0.3 is 5.97 Å². The fourth-order valence-electron chi connectivity index (χ4n) is 1.83. The molecular weight excluding hydrogens is 202 g/mol. The molecule has 0 radical (unpaired) electrons. The van der Waals surface area contributed by atoms with Gasteiger partial charge in [0.25, 0.3) is 0 Å². The van der Waals surface area contributed by atoms with Crippen molar-refractivity contribution in [2.75, 3.05) is 20.2 Å². The Labute approximate surface area is 100 Å². The standard InChI is InChI=1S/C13H27NO2/c1-10(2)8-14(9-11(3)4)12(5)7-13(15)16-6/h10-12H,7-9H2,1-6H3. The first-order chi connectivity index (χ1) is 7.36. The maximum absolute atomic E-state index is 11.2. The third-order valence-corrected chi connectivity index (χ3v) is 2.51. The average Bonchev–Trinajstić information content (AvgIpc) is 2.15. The van der Waals surface area contributed by atoms with Crippen molar-refractivity contribution in [1.29, 1.82) is 0 Å². The van der Waals surface area contributed by atoms with E-state index >= 15 is 0 Å². The van der Waals surface area contributed by atoms with Crippen LogP contribution in [0.5, 0.6) is 0 Å². The van der Waals surface area contributed by atoms with Gasteiger partial charge in [0.15, 0.2) is 0 Å². The molecular formula is C13H27NO2. The van der Waals surface area contributed by atoms with Crippen molar-refractivity contribution >= 4 is 5.97 Å². The number of carbonyl (C=O) groups is 1. The minimum absolute atomic E-state index is 0.120. The summed E-state index contributed by atoms with van der Waals surface area (Å²) < 4.78 is 4.72. The van der Waals surface area contributed by atoms with Gasteiger partial charge in [-0.05, 0) is 18.8 Å². The van der Waals surface area contributed by atoms with Gasteiger partial charge < -0.3 is 4.74 Å². The Morgan fingerprint density at radius 3 is 1.81 bits per heavy atom. The smallest absolute Gasteiger partial charge is 0.307 e. The molecule has 0 fully saturated rings. The van der Waals surface area contributed by atoms with E-state index in [1.807, 2.05) is 0 Å². The van der Waals surface area contributed by atoms with Crippen molar-refractivity contribution in [3.63, 3.8) is 0 Å². The van der Waals surface area contributed by atoms with Crippen LogP contribution in [-0.2, 0) is 9.53 Å². The lowest BCUT2D eigenvalue weighted by molar-refractivity contribution is -0.142. The van der Waals surface area contributed by atoms with Crippen LogP contribution in [0.2, 0.25) is 0 Å². The number of ether oxygens (including phenoxy) is 1. The van der Waals surface area contributed by atoms with E-state index in [-0.39, 0.29) is 12.0 Å². The summed E-state index contributed by atoms with van der Waals surface area (Å²) in [6.07, 6.45) is 0.482. The lowest BCUT2D eigenvalue weighted by Gasteiger charge is -2.31. The SMILES string of the molecule is COC(=O)CC(C)N(CC(C)C)CC(C)C. The molecule has 0 amide bonds. The van der Waals surface area contributed by atoms with E-state index in [0.717, 1.165) is 13.1 Å². The number of esters is 1. The van der Waals surface area contributed by atoms with Crippen LogP contribution < -0.4 is 0 Å². The van der Waals surface area contributed by atoms with E-state index in [9.17, 15) is 4.79 Å². The quantitative estimate of drug-likeness (QED) is 0.628. The van der Waals surface area contributed by atoms with Crippen LogP contribution in [0.3, 0.4) is 0 Å². The van der Waals surface area contributed by atoms with E-state index < -0.39 is 0 Å². The molecule has 0 aromatic rings. The summed E-state index contributed by atoms with van der Waals surface area (Å²) in [7, 11) is 1.45. The van der Waals surface area contributed by atoms with E-state index in [1.54, 1.807) is 0 Å². The summed E-state index contributed by atoms with van der Waals surface area (Å²) in [6, 6.07) is 0.261. The molecule has 0 N–H and O–H groups in total. The summed E-state index contributed by atoms with van der Waals surface area (Å²) >= 11 is 0. The minimum Gasteiger partial charge on any atom is -0.469 e. The van der Waals surface area contributed by atoms with Gasteiger partial charge in [-0.2, -0.15) is 0 Å². The highest BCUT2D eigenvalue weighted by Gasteiger charge is 2.19. The van der Waals surface area contributed by atoms with Crippen LogP contribution in [0.1, 0.15) is 41.0 Å². The number of rotatable bonds is 7. The lowest BCUT2D eigenvalue weighted by Crippen LogP contribution is -2.39. The highest BCUT2D eigenvalue weighted by Crippen LogP contribution is 2.11. The Kier molecular flexibility index (Phi) is 7.39. The van der Waals surface area contributed by atoms with Crippen molar-refractivity contribution in [2.24, 2.45) is 11.8 Å². The van der Waals surface area contributed by atoms with Gasteiger partial charge in [0.2, 0.25) is 0 Å². The molecule has 0 aliphatic carbocycles. The van der Waals surface area contributed by atoms with Crippen LogP contribution in [0, 0.1) is 11.8 Å². The van der Waals surface area contributed by atoms with E-state index in [0.29, 0.717) is 18.3 Å². The maximum Gasteiger partial charge on any atom is 0.307 e. The predicted molar refractivity (Wildman–Crippen MR) is 67.3 cm³/mol. The van der Waals surface area contributed by atoms with Crippen LogP contribution in [0.4, 0.5) is 0 Å². The van der Waals surface area contributed by atoms with Gasteiger partial charge in [-0.15, -0.1) is 0 Å². The molecule has 0 aromatic heterocycles. The summed E-state index contributed by atoms with van der Waals surface area (Å²) in [6.45, 7) is 13.0. The van der Waals surface area contributed by atoms with Crippen molar-refractivity contribution < 1.29 is 9.53 Å². The van der Waals surface area contributed by atoms with Crippen molar-refractivity contribution in [2.45, 2.75) is 47.1 Å². The minimum atomic E-state index is -0.120. The molecule has 0 spiro atoms. The second-order valence-corrected chi connectivity index (χ2v) is 5.37. The zero-order valence-corrected chi connectivity index (χ0v) is 11.6. The number of nitrogens with zero attached hydrogens (tertiary/aromatic N) is 1. The topological polar surface area (TPSA) is 29.5 Å². The Balaban J connectivity index is 4.30. The Hall–Kier alpha value is -0.570. The highest BCUT2D eigenvalue weighted by molar-refractivity contribution is 5.69. The number of hydrogen-bond acceptors (Lipinski definition) is 3. The fraction of sp³-hybridized carbons (Fsp3) is 0.923. The second-order valence-electron chi connectivity index (χ2n) is 5.37. The molecule has 96 valence electrons. The Morgan fingerprint density at radius 1 is 1.06 bits per heavy atom.